The Labute approximate surface area is 172 Å². The zero-order chi connectivity index (χ0) is 20.9. The minimum absolute atomic E-state index is 0.00386. The number of benzene rings is 1. The highest BCUT2D eigenvalue weighted by atomic mass is 32.2. The lowest BCUT2D eigenvalue weighted by molar-refractivity contribution is 0.0933. The molecular formula is C21H29N3O4S. The highest BCUT2D eigenvalue weighted by Gasteiger charge is 2.26. The van der Waals surface area contributed by atoms with Gasteiger partial charge in [0.05, 0.1) is 17.2 Å². The SMILES string of the molecule is CCC(C)NS(=O)(=O)c1ccc(C(=O)NCC(c2ccco2)N2CCCC2)cc1. The third-order valence-corrected chi connectivity index (χ3v) is 6.91. The van der Waals surface area contributed by atoms with Crippen molar-refractivity contribution >= 4 is 15.9 Å². The van der Waals surface area contributed by atoms with Crippen molar-refractivity contribution in [3.8, 4) is 0 Å². The van der Waals surface area contributed by atoms with Gasteiger partial charge in [0.2, 0.25) is 10.0 Å². The molecule has 0 spiro atoms. The van der Waals surface area contributed by atoms with Gasteiger partial charge in [-0.25, -0.2) is 13.1 Å². The van der Waals surface area contributed by atoms with E-state index in [1.165, 1.54) is 24.3 Å². The first-order valence-corrected chi connectivity index (χ1v) is 11.6. The fraction of sp³-hybridized carbons (Fsp3) is 0.476. The molecule has 1 aliphatic rings. The molecule has 2 heterocycles. The summed E-state index contributed by atoms with van der Waals surface area (Å²) < 4.78 is 32.9. The molecule has 3 rings (SSSR count). The van der Waals surface area contributed by atoms with Crippen LogP contribution in [0.5, 0.6) is 0 Å². The van der Waals surface area contributed by atoms with Gasteiger partial charge in [0.15, 0.2) is 0 Å². The molecule has 7 nitrogen and oxygen atoms in total. The molecule has 2 atom stereocenters. The number of rotatable bonds is 9. The minimum Gasteiger partial charge on any atom is -0.468 e. The van der Waals surface area contributed by atoms with Crippen LogP contribution in [0.2, 0.25) is 0 Å². The van der Waals surface area contributed by atoms with Crippen molar-refractivity contribution in [2.45, 2.75) is 50.1 Å². The predicted octanol–water partition coefficient (Wildman–Crippen LogP) is 2.92. The van der Waals surface area contributed by atoms with E-state index < -0.39 is 10.0 Å². The summed E-state index contributed by atoms with van der Waals surface area (Å²) in [5.74, 6) is 0.601. The maximum Gasteiger partial charge on any atom is 0.251 e. The standard InChI is InChI=1S/C21H29N3O4S/c1-3-16(2)23-29(26,27)18-10-8-17(9-11-18)21(25)22-15-19(20-7-6-14-28-20)24-12-4-5-13-24/h6-11,14,16,19,23H,3-5,12-13,15H2,1-2H3,(H,22,25). The zero-order valence-corrected chi connectivity index (χ0v) is 17.7. The van der Waals surface area contributed by atoms with E-state index in [0.29, 0.717) is 18.5 Å². The molecule has 0 saturated carbocycles. The van der Waals surface area contributed by atoms with Gasteiger partial charge in [-0.1, -0.05) is 6.92 Å². The van der Waals surface area contributed by atoms with Gasteiger partial charge in [0.25, 0.3) is 5.91 Å². The van der Waals surface area contributed by atoms with E-state index in [1.54, 1.807) is 6.26 Å². The van der Waals surface area contributed by atoms with Crippen LogP contribution < -0.4 is 10.0 Å². The van der Waals surface area contributed by atoms with E-state index in [1.807, 2.05) is 26.0 Å². The van der Waals surface area contributed by atoms with Crippen LogP contribution >= 0.6 is 0 Å². The second-order valence-electron chi connectivity index (χ2n) is 7.44. The Kier molecular flexibility index (Phi) is 7.10. The number of sulfonamides is 1. The van der Waals surface area contributed by atoms with Gasteiger partial charge >= 0.3 is 0 Å². The Balaban J connectivity index is 1.64. The molecule has 1 amide bonds. The van der Waals surface area contributed by atoms with Crippen molar-refractivity contribution in [1.29, 1.82) is 0 Å². The predicted molar refractivity (Wildman–Crippen MR) is 111 cm³/mol. The van der Waals surface area contributed by atoms with E-state index in [-0.39, 0.29) is 22.9 Å². The first-order chi connectivity index (χ1) is 13.9. The fourth-order valence-corrected chi connectivity index (χ4v) is 4.76. The van der Waals surface area contributed by atoms with Crippen molar-refractivity contribution in [3.63, 3.8) is 0 Å². The Hall–Kier alpha value is -2.16. The fourth-order valence-electron chi connectivity index (χ4n) is 3.44. The van der Waals surface area contributed by atoms with Crippen LogP contribution in [0.1, 0.15) is 55.3 Å². The van der Waals surface area contributed by atoms with Gasteiger partial charge in [0.1, 0.15) is 5.76 Å². The number of likely N-dealkylation sites (tertiary alicyclic amines) is 1. The quantitative estimate of drug-likeness (QED) is 0.652. The summed E-state index contributed by atoms with van der Waals surface area (Å²) in [6.45, 7) is 6.13. The third kappa shape index (κ3) is 5.46. The van der Waals surface area contributed by atoms with Gasteiger partial charge in [0, 0.05) is 18.2 Å². The van der Waals surface area contributed by atoms with Crippen LogP contribution in [0.15, 0.2) is 52.0 Å². The van der Waals surface area contributed by atoms with E-state index in [0.717, 1.165) is 31.7 Å². The number of hydrogen-bond acceptors (Lipinski definition) is 5. The molecule has 0 aliphatic carbocycles. The lowest BCUT2D eigenvalue weighted by Gasteiger charge is -2.26. The Morgan fingerprint density at radius 1 is 1.17 bits per heavy atom. The number of furan rings is 1. The van der Waals surface area contributed by atoms with Crippen molar-refractivity contribution in [1.82, 2.24) is 14.9 Å². The molecule has 2 unspecified atom stereocenters. The van der Waals surface area contributed by atoms with Gasteiger partial charge < -0.3 is 9.73 Å². The minimum atomic E-state index is -3.58. The van der Waals surface area contributed by atoms with Crippen molar-refractivity contribution in [2.75, 3.05) is 19.6 Å². The topological polar surface area (TPSA) is 91.6 Å². The lowest BCUT2D eigenvalue weighted by Crippen LogP contribution is -2.36. The number of carbonyl (C=O) groups excluding carboxylic acids is 1. The smallest absolute Gasteiger partial charge is 0.251 e. The van der Waals surface area contributed by atoms with E-state index in [9.17, 15) is 13.2 Å². The van der Waals surface area contributed by atoms with Crippen LogP contribution in [-0.2, 0) is 10.0 Å². The summed E-state index contributed by atoms with van der Waals surface area (Å²) >= 11 is 0. The molecule has 29 heavy (non-hydrogen) atoms. The summed E-state index contributed by atoms with van der Waals surface area (Å²) in [4.78, 5) is 15.1. The van der Waals surface area contributed by atoms with Crippen LogP contribution in [0, 0.1) is 0 Å². The van der Waals surface area contributed by atoms with Crippen molar-refractivity contribution < 1.29 is 17.6 Å². The molecule has 1 saturated heterocycles. The first kappa shape index (κ1) is 21.5. The molecule has 8 heteroatoms. The second kappa shape index (κ2) is 9.56. The first-order valence-electron chi connectivity index (χ1n) is 10.1. The molecule has 1 aromatic heterocycles. The molecule has 1 aromatic carbocycles. The molecule has 0 radical (unpaired) electrons. The number of nitrogens with zero attached hydrogens (tertiary/aromatic N) is 1. The maximum atomic E-state index is 12.6. The Morgan fingerprint density at radius 3 is 2.45 bits per heavy atom. The summed E-state index contributed by atoms with van der Waals surface area (Å²) in [6.07, 6.45) is 4.64. The van der Waals surface area contributed by atoms with E-state index >= 15 is 0 Å². The van der Waals surface area contributed by atoms with Crippen LogP contribution in [-0.4, -0.2) is 44.9 Å². The van der Waals surface area contributed by atoms with Gasteiger partial charge in [-0.15, -0.1) is 0 Å². The third-order valence-electron chi connectivity index (χ3n) is 5.30. The Bertz CT molecular complexity index is 889. The highest BCUT2D eigenvalue weighted by Crippen LogP contribution is 2.25. The monoisotopic (exact) mass is 419 g/mol. The average Bonchev–Trinajstić information content (AvgIpc) is 3.42. The molecule has 2 aromatic rings. The molecule has 0 bridgehead atoms. The van der Waals surface area contributed by atoms with Crippen LogP contribution in [0.25, 0.3) is 0 Å². The number of amides is 1. The molecular weight excluding hydrogens is 390 g/mol. The van der Waals surface area contributed by atoms with Crippen molar-refractivity contribution in [3.05, 3.63) is 54.0 Å². The van der Waals surface area contributed by atoms with E-state index in [4.69, 9.17) is 4.42 Å². The van der Waals surface area contributed by atoms with Crippen molar-refractivity contribution in [2.24, 2.45) is 0 Å². The number of nitrogens with one attached hydrogen (secondary N) is 2. The molecule has 158 valence electrons. The zero-order valence-electron chi connectivity index (χ0n) is 16.9. The van der Waals surface area contributed by atoms with Crippen LogP contribution in [0.3, 0.4) is 0 Å². The second-order valence-corrected chi connectivity index (χ2v) is 9.15. The Morgan fingerprint density at radius 2 is 1.86 bits per heavy atom. The summed E-state index contributed by atoms with van der Waals surface area (Å²) in [5, 5.41) is 2.96. The van der Waals surface area contributed by atoms with Gasteiger partial charge in [-0.3, -0.25) is 9.69 Å². The molecule has 1 fully saturated rings. The summed E-state index contributed by atoms with van der Waals surface area (Å²) in [7, 11) is -3.58. The van der Waals surface area contributed by atoms with Gasteiger partial charge in [-0.05, 0) is 75.7 Å². The molecule has 1 aliphatic heterocycles. The lowest BCUT2D eigenvalue weighted by atomic mass is 10.1. The summed E-state index contributed by atoms with van der Waals surface area (Å²) in [5.41, 5.74) is 0.423. The molecule has 2 N–H and O–H groups in total. The van der Waals surface area contributed by atoms with E-state index in [2.05, 4.69) is 14.9 Å². The highest BCUT2D eigenvalue weighted by molar-refractivity contribution is 7.89. The van der Waals surface area contributed by atoms with Crippen LogP contribution in [0.4, 0.5) is 0 Å². The largest absolute Gasteiger partial charge is 0.468 e. The number of hydrogen-bond donors (Lipinski definition) is 2. The number of carbonyl (C=O) groups is 1. The maximum absolute atomic E-state index is 12.6. The van der Waals surface area contributed by atoms with Gasteiger partial charge in [-0.2, -0.15) is 0 Å². The summed E-state index contributed by atoms with van der Waals surface area (Å²) in [6, 6.07) is 9.64. The average molecular weight is 420 g/mol. The normalized spacial score (nSPS) is 17.2.